The van der Waals surface area contributed by atoms with Gasteiger partial charge in [-0.25, -0.2) is 4.79 Å². The largest absolute Gasteiger partial charge is 0.465 e. The Morgan fingerprint density at radius 3 is 2.48 bits per heavy atom. The second-order valence-corrected chi connectivity index (χ2v) is 6.08. The van der Waals surface area contributed by atoms with E-state index >= 15 is 0 Å². The maximum Gasteiger partial charge on any atom is 0.339 e. The summed E-state index contributed by atoms with van der Waals surface area (Å²) in [5, 5.41) is 13.4. The summed E-state index contributed by atoms with van der Waals surface area (Å²) in [6.07, 6.45) is -0.219. The maximum absolute atomic E-state index is 12.4. The fraction of sp³-hybridized carbons (Fsp3) is 0.158. The van der Waals surface area contributed by atoms with Crippen LogP contribution < -0.4 is 5.32 Å². The number of nitrogens with one attached hydrogen (secondary N) is 1. The second-order valence-electron chi connectivity index (χ2n) is 6.08. The molecule has 0 unspecified atom stereocenters. The first-order chi connectivity index (χ1) is 13.8. The molecule has 148 valence electrons. The first-order valence-electron chi connectivity index (χ1n) is 8.45. The van der Waals surface area contributed by atoms with E-state index in [-0.39, 0.29) is 41.0 Å². The van der Waals surface area contributed by atoms with E-state index in [0.29, 0.717) is 0 Å². The van der Waals surface area contributed by atoms with Gasteiger partial charge in [0.05, 0.1) is 34.4 Å². The lowest BCUT2D eigenvalue weighted by atomic mass is 10.1. The average molecular weight is 397 g/mol. The highest BCUT2D eigenvalue weighted by Gasteiger charge is 2.36. The van der Waals surface area contributed by atoms with Crippen molar-refractivity contribution in [2.24, 2.45) is 0 Å². The van der Waals surface area contributed by atoms with E-state index in [9.17, 15) is 29.3 Å². The normalized spacial score (nSPS) is 12.5. The molecule has 0 spiro atoms. The summed E-state index contributed by atoms with van der Waals surface area (Å²) in [6, 6.07) is 9.65. The van der Waals surface area contributed by atoms with Crippen LogP contribution in [-0.4, -0.2) is 47.2 Å². The Morgan fingerprint density at radius 2 is 1.79 bits per heavy atom. The highest BCUT2D eigenvalue weighted by molar-refractivity contribution is 6.21. The summed E-state index contributed by atoms with van der Waals surface area (Å²) < 4.78 is 4.65. The standard InChI is InChI=1S/C19H15N3O7/c1-29-19(26)13-4-2-3-5-15(13)20-16(23)8-9-21-17(24)12-7-6-11(22(27)28)10-14(12)18(21)25/h2-7,10H,8-9H2,1H3,(H,20,23). The smallest absolute Gasteiger partial charge is 0.339 e. The van der Waals surface area contributed by atoms with Gasteiger partial charge in [-0.15, -0.1) is 0 Å². The summed E-state index contributed by atoms with van der Waals surface area (Å²) in [6.45, 7) is -0.216. The quantitative estimate of drug-likeness (QED) is 0.341. The number of nitrogens with zero attached hydrogens (tertiary/aromatic N) is 2. The van der Waals surface area contributed by atoms with Crippen LogP contribution in [0.15, 0.2) is 42.5 Å². The fourth-order valence-electron chi connectivity index (χ4n) is 2.90. The average Bonchev–Trinajstić information content (AvgIpc) is 2.95. The summed E-state index contributed by atoms with van der Waals surface area (Å²) >= 11 is 0. The summed E-state index contributed by atoms with van der Waals surface area (Å²) in [4.78, 5) is 59.9. The molecule has 0 fully saturated rings. The molecule has 10 nitrogen and oxygen atoms in total. The fourth-order valence-corrected chi connectivity index (χ4v) is 2.90. The van der Waals surface area contributed by atoms with Crippen LogP contribution >= 0.6 is 0 Å². The molecule has 1 aliphatic heterocycles. The minimum Gasteiger partial charge on any atom is -0.465 e. The molecule has 0 saturated carbocycles. The van der Waals surface area contributed by atoms with Crippen molar-refractivity contribution in [1.29, 1.82) is 0 Å². The van der Waals surface area contributed by atoms with E-state index in [2.05, 4.69) is 10.1 Å². The van der Waals surface area contributed by atoms with Gasteiger partial charge >= 0.3 is 5.97 Å². The van der Waals surface area contributed by atoms with Crippen molar-refractivity contribution < 1.29 is 28.8 Å². The predicted molar refractivity (Wildman–Crippen MR) is 99.5 cm³/mol. The number of para-hydroxylation sites is 1. The number of fused-ring (bicyclic) bond motifs is 1. The van der Waals surface area contributed by atoms with Crippen LogP contribution in [0, 0.1) is 10.1 Å². The molecule has 1 aliphatic rings. The number of benzene rings is 2. The highest BCUT2D eigenvalue weighted by atomic mass is 16.6. The topological polar surface area (TPSA) is 136 Å². The number of hydrogen-bond donors (Lipinski definition) is 1. The molecule has 3 amide bonds. The van der Waals surface area contributed by atoms with Crippen LogP contribution in [0.1, 0.15) is 37.5 Å². The summed E-state index contributed by atoms with van der Waals surface area (Å²) in [5.74, 6) is -2.47. The number of amides is 3. The van der Waals surface area contributed by atoms with Crippen molar-refractivity contribution in [3.05, 3.63) is 69.3 Å². The van der Waals surface area contributed by atoms with Crippen molar-refractivity contribution in [2.75, 3.05) is 19.0 Å². The Kier molecular flexibility index (Phi) is 5.35. The van der Waals surface area contributed by atoms with Crippen molar-refractivity contribution in [1.82, 2.24) is 4.90 Å². The lowest BCUT2D eigenvalue weighted by molar-refractivity contribution is -0.384. The van der Waals surface area contributed by atoms with E-state index in [1.54, 1.807) is 12.1 Å². The number of non-ortho nitro benzene ring substituents is 1. The van der Waals surface area contributed by atoms with Gasteiger partial charge in [-0.2, -0.15) is 0 Å². The number of hydrogen-bond acceptors (Lipinski definition) is 7. The Morgan fingerprint density at radius 1 is 1.10 bits per heavy atom. The van der Waals surface area contributed by atoms with Crippen molar-refractivity contribution in [2.45, 2.75) is 6.42 Å². The van der Waals surface area contributed by atoms with Gasteiger partial charge in [0.15, 0.2) is 0 Å². The first kappa shape index (κ1) is 19.7. The van der Waals surface area contributed by atoms with Crippen molar-refractivity contribution in [3.63, 3.8) is 0 Å². The molecule has 0 aliphatic carbocycles. The molecule has 0 aromatic heterocycles. The van der Waals surface area contributed by atoms with Gasteiger partial charge in [0.25, 0.3) is 17.5 Å². The Labute approximate surface area is 164 Å². The highest BCUT2D eigenvalue weighted by Crippen LogP contribution is 2.27. The summed E-state index contributed by atoms with van der Waals surface area (Å²) in [7, 11) is 1.22. The van der Waals surface area contributed by atoms with Crippen LogP contribution in [0.5, 0.6) is 0 Å². The molecule has 3 rings (SSSR count). The van der Waals surface area contributed by atoms with E-state index in [0.717, 1.165) is 17.0 Å². The molecule has 1 N–H and O–H groups in total. The monoisotopic (exact) mass is 397 g/mol. The van der Waals surface area contributed by atoms with E-state index in [4.69, 9.17) is 0 Å². The van der Waals surface area contributed by atoms with Gasteiger partial charge in [0.1, 0.15) is 0 Å². The van der Waals surface area contributed by atoms with Crippen molar-refractivity contribution in [3.8, 4) is 0 Å². The molecule has 10 heteroatoms. The van der Waals surface area contributed by atoms with Crippen LogP contribution in [0.25, 0.3) is 0 Å². The number of esters is 1. The number of carbonyl (C=O) groups is 4. The van der Waals surface area contributed by atoms with E-state index in [1.807, 2.05) is 0 Å². The first-order valence-corrected chi connectivity index (χ1v) is 8.45. The van der Waals surface area contributed by atoms with E-state index in [1.165, 1.54) is 25.3 Å². The molecule has 29 heavy (non-hydrogen) atoms. The Balaban J connectivity index is 1.69. The van der Waals surface area contributed by atoms with Crippen LogP contribution in [-0.2, 0) is 9.53 Å². The molecule has 0 bridgehead atoms. The third kappa shape index (κ3) is 3.81. The zero-order chi connectivity index (χ0) is 21.1. The zero-order valence-electron chi connectivity index (χ0n) is 15.2. The van der Waals surface area contributed by atoms with E-state index < -0.39 is 28.6 Å². The van der Waals surface area contributed by atoms with Gasteiger partial charge < -0.3 is 10.1 Å². The molecule has 2 aromatic rings. The number of imide groups is 1. The van der Waals surface area contributed by atoms with Crippen molar-refractivity contribution >= 4 is 35.1 Å². The summed E-state index contributed by atoms with van der Waals surface area (Å²) in [5.41, 5.74) is 0.0836. The van der Waals surface area contributed by atoms with Crippen LogP contribution in [0.2, 0.25) is 0 Å². The van der Waals surface area contributed by atoms with Gasteiger partial charge in [0, 0.05) is 25.1 Å². The number of ether oxygens (including phenoxy) is 1. The number of carbonyl (C=O) groups excluding carboxylic acids is 4. The van der Waals surface area contributed by atoms with Gasteiger partial charge in [-0.3, -0.25) is 29.4 Å². The number of anilines is 1. The minimum atomic E-state index is -0.698. The lowest BCUT2D eigenvalue weighted by Gasteiger charge is -2.14. The van der Waals surface area contributed by atoms with Crippen LogP contribution in [0.4, 0.5) is 11.4 Å². The van der Waals surface area contributed by atoms with Gasteiger partial charge in [-0.05, 0) is 18.2 Å². The van der Waals surface area contributed by atoms with Gasteiger partial charge in [0.2, 0.25) is 5.91 Å². The number of nitro groups is 1. The third-order valence-corrected chi connectivity index (χ3v) is 4.33. The molecular formula is C19H15N3O7. The third-order valence-electron chi connectivity index (χ3n) is 4.33. The Hall–Kier alpha value is -4.08. The molecule has 0 saturated heterocycles. The molecule has 0 atom stereocenters. The van der Waals surface area contributed by atoms with Gasteiger partial charge in [-0.1, -0.05) is 12.1 Å². The predicted octanol–water partition coefficient (Wildman–Crippen LogP) is 2.01. The molecule has 1 heterocycles. The SMILES string of the molecule is COC(=O)c1ccccc1NC(=O)CCN1C(=O)c2ccc([N+](=O)[O-])cc2C1=O. The minimum absolute atomic E-state index is 0.0528. The molecular weight excluding hydrogens is 382 g/mol. The number of rotatable bonds is 6. The maximum atomic E-state index is 12.4. The number of methoxy groups -OCH3 is 1. The lowest BCUT2D eigenvalue weighted by Crippen LogP contribution is -2.33. The second kappa shape index (κ2) is 7.89. The zero-order valence-corrected chi connectivity index (χ0v) is 15.2. The Bertz CT molecular complexity index is 1050. The molecule has 2 aromatic carbocycles. The van der Waals surface area contributed by atoms with Crippen LogP contribution in [0.3, 0.4) is 0 Å². The molecule has 0 radical (unpaired) electrons. The number of nitro benzene ring substituents is 1.